The third-order valence-corrected chi connectivity index (χ3v) is 5.59. The van der Waals surface area contributed by atoms with Gasteiger partial charge in [-0.15, -0.1) is 0 Å². The van der Waals surface area contributed by atoms with Gasteiger partial charge < -0.3 is 4.90 Å². The molecule has 0 amide bonds. The predicted molar refractivity (Wildman–Crippen MR) is 109 cm³/mol. The summed E-state index contributed by atoms with van der Waals surface area (Å²) in [4.78, 5) is 5.23. The van der Waals surface area contributed by atoms with Gasteiger partial charge >= 0.3 is 0 Å². The highest BCUT2D eigenvalue weighted by Gasteiger charge is 2.22. The number of hydrogen-bond donors (Lipinski definition) is 0. The van der Waals surface area contributed by atoms with E-state index in [0.717, 1.165) is 5.92 Å². The standard InChI is InChI=1S/C23H34N2/c1-20(2)8-6-9-21-10-7-11-22(18-21)19-24-14-16-25(17-15-24)23-12-4-3-5-13-23/h3-5,8,10,12-13,22H,6-7,9,11,14-19H2,1-2H3. The van der Waals surface area contributed by atoms with Crippen LogP contribution in [0.25, 0.3) is 0 Å². The summed E-state index contributed by atoms with van der Waals surface area (Å²) >= 11 is 0. The van der Waals surface area contributed by atoms with Crippen LogP contribution in [-0.4, -0.2) is 37.6 Å². The highest BCUT2D eigenvalue weighted by Crippen LogP contribution is 2.28. The van der Waals surface area contributed by atoms with Gasteiger partial charge in [-0.25, -0.2) is 0 Å². The van der Waals surface area contributed by atoms with Gasteiger partial charge in [-0.05, 0) is 64.0 Å². The molecular weight excluding hydrogens is 304 g/mol. The molecule has 2 aliphatic rings. The molecule has 0 radical (unpaired) electrons. The zero-order valence-corrected chi connectivity index (χ0v) is 16.1. The average Bonchev–Trinajstić information content (AvgIpc) is 2.63. The molecule has 25 heavy (non-hydrogen) atoms. The third-order valence-electron chi connectivity index (χ3n) is 5.59. The van der Waals surface area contributed by atoms with Crippen molar-refractivity contribution in [1.29, 1.82) is 0 Å². The summed E-state index contributed by atoms with van der Waals surface area (Å²) in [5.74, 6) is 0.870. The van der Waals surface area contributed by atoms with Gasteiger partial charge in [0.05, 0.1) is 0 Å². The summed E-state index contributed by atoms with van der Waals surface area (Å²) in [7, 11) is 0. The molecule has 1 aliphatic carbocycles. The van der Waals surface area contributed by atoms with Gasteiger partial charge in [0, 0.05) is 38.4 Å². The highest BCUT2D eigenvalue weighted by molar-refractivity contribution is 5.46. The first kappa shape index (κ1) is 18.3. The van der Waals surface area contributed by atoms with Crippen LogP contribution >= 0.6 is 0 Å². The van der Waals surface area contributed by atoms with Gasteiger partial charge in [-0.2, -0.15) is 0 Å². The molecule has 0 bridgehead atoms. The summed E-state index contributed by atoms with van der Waals surface area (Å²) < 4.78 is 0. The van der Waals surface area contributed by atoms with Crippen molar-refractivity contribution in [2.75, 3.05) is 37.6 Å². The van der Waals surface area contributed by atoms with E-state index in [1.54, 1.807) is 5.57 Å². The van der Waals surface area contributed by atoms with Crippen LogP contribution in [0.5, 0.6) is 0 Å². The molecule has 3 rings (SSSR count). The highest BCUT2D eigenvalue weighted by atomic mass is 15.3. The van der Waals surface area contributed by atoms with Crippen molar-refractivity contribution >= 4 is 5.69 Å². The molecule has 1 saturated heterocycles. The fourth-order valence-corrected chi connectivity index (χ4v) is 4.18. The molecule has 0 saturated carbocycles. The monoisotopic (exact) mass is 338 g/mol. The van der Waals surface area contributed by atoms with Gasteiger partial charge in [0.15, 0.2) is 0 Å². The predicted octanol–water partition coefficient (Wildman–Crippen LogP) is 5.28. The molecule has 1 fully saturated rings. The van der Waals surface area contributed by atoms with E-state index in [1.807, 2.05) is 0 Å². The first-order chi connectivity index (χ1) is 12.2. The van der Waals surface area contributed by atoms with E-state index in [2.05, 4.69) is 66.1 Å². The van der Waals surface area contributed by atoms with Crippen LogP contribution in [0.2, 0.25) is 0 Å². The third kappa shape index (κ3) is 5.74. The summed E-state index contributed by atoms with van der Waals surface area (Å²) in [6.07, 6.45) is 11.4. The smallest absolute Gasteiger partial charge is 0.0367 e. The molecule has 1 heterocycles. The van der Waals surface area contributed by atoms with Crippen LogP contribution in [0.1, 0.15) is 46.0 Å². The van der Waals surface area contributed by atoms with E-state index in [4.69, 9.17) is 0 Å². The number of para-hydroxylation sites is 1. The number of piperazine rings is 1. The molecule has 0 spiro atoms. The fraction of sp³-hybridized carbons (Fsp3) is 0.565. The molecule has 1 aliphatic heterocycles. The van der Waals surface area contributed by atoms with Crippen LogP contribution in [0, 0.1) is 5.92 Å². The Bertz CT molecular complexity index is 575. The van der Waals surface area contributed by atoms with E-state index < -0.39 is 0 Å². The first-order valence-corrected chi connectivity index (χ1v) is 10.0. The Morgan fingerprint density at radius 3 is 2.56 bits per heavy atom. The topological polar surface area (TPSA) is 6.48 Å². The fourth-order valence-electron chi connectivity index (χ4n) is 4.18. The van der Waals surface area contributed by atoms with Gasteiger partial charge in [0.1, 0.15) is 0 Å². The second-order valence-electron chi connectivity index (χ2n) is 7.95. The Balaban J connectivity index is 1.42. The molecule has 1 unspecified atom stereocenters. The van der Waals surface area contributed by atoms with Crippen molar-refractivity contribution in [1.82, 2.24) is 4.90 Å². The second kappa shape index (κ2) is 9.24. The van der Waals surface area contributed by atoms with Gasteiger partial charge in [0.25, 0.3) is 0 Å². The first-order valence-electron chi connectivity index (χ1n) is 10.0. The minimum absolute atomic E-state index is 0.870. The van der Waals surface area contributed by atoms with Gasteiger partial charge in [-0.1, -0.05) is 41.5 Å². The molecule has 0 N–H and O–H groups in total. The zero-order chi connectivity index (χ0) is 17.5. The lowest BCUT2D eigenvalue weighted by Gasteiger charge is -2.38. The van der Waals surface area contributed by atoms with Crippen molar-refractivity contribution < 1.29 is 0 Å². The Morgan fingerprint density at radius 1 is 1.08 bits per heavy atom. The van der Waals surface area contributed by atoms with E-state index in [1.165, 1.54) is 76.1 Å². The number of allylic oxidation sites excluding steroid dienone is 4. The van der Waals surface area contributed by atoms with Crippen LogP contribution in [-0.2, 0) is 0 Å². The molecule has 1 atom stereocenters. The van der Waals surface area contributed by atoms with Gasteiger partial charge in [-0.3, -0.25) is 4.90 Å². The maximum atomic E-state index is 2.70. The summed E-state index contributed by atoms with van der Waals surface area (Å²) in [5, 5.41) is 0. The molecule has 2 nitrogen and oxygen atoms in total. The second-order valence-corrected chi connectivity index (χ2v) is 7.95. The van der Waals surface area contributed by atoms with Crippen molar-refractivity contribution in [2.45, 2.75) is 46.0 Å². The molecule has 136 valence electrons. The van der Waals surface area contributed by atoms with E-state index in [0.29, 0.717) is 0 Å². The average molecular weight is 339 g/mol. The van der Waals surface area contributed by atoms with E-state index in [-0.39, 0.29) is 0 Å². The van der Waals surface area contributed by atoms with Crippen LogP contribution in [0.3, 0.4) is 0 Å². The maximum absolute atomic E-state index is 2.70. The van der Waals surface area contributed by atoms with Crippen molar-refractivity contribution in [3.63, 3.8) is 0 Å². The number of benzene rings is 1. The quantitative estimate of drug-likeness (QED) is 0.651. The molecule has 1 aromatic carbocycles. The molecule has 2 heteroatoms. The van der Waals surface area contributed by atoms with Crippen molar-refractivity contribution in [2.24, 2.45) is 5.92 Å². The largest absolute Gasteiger partial charge is 0.369 e. The molecular formula is C23H34N2. The van der Waals surface area contributed by atoms with Crippen molar-refractivity contribution in [3.05, 3.63) is 53.6 Å². The minimum Gasteiger partial charge on any atom is -0.369 e. The summed E-state index contributed by atoms with van der Waals surface area (Å²) in [6, 6.07) is 10.9. The summed E-state index contributed by atoms with van der Waals surface area (Å²) in [6.45, 7) is 10.5. The number of rotatable bonds is 6. The SMILES string of the molecule is CC(C)=CCCC1=CCCC(CN2CCN(c3ccccc3)CC2)C1. The lowest BCUT2D eigenvalue weighted by molar-refractivity contribution is 0.209. The Morgan fingerprint density at radius 2 is 1.84 bits per heavy atom. The van der Waals surface area contributed by atoms with Gasteiger partial charge in [0.2, 0.25) is 0 Å². The van der Waals surface area contributed by atoms with E-state index in [9.17, 15) is 0 Å². The van der Waals surface area contributed by atoms with E-state index >= 15 is 0 Å². The normalized spacial score (nSPS) is 21.8. The lowest BCUT2D eigenvalue weighted by Crippen LogP contribution is -2.48. The van der Waals surface area contributed by atoms with Crippen LogP contribution < -0.4 is 4.90 Å². The number of nitrogens with zero attached hydrogens (tertiary/aromatic N) is 2. The Kier molecular flexibility index (Phi) is 6.75. The number of hydrogen-bond acceptors (Lipinski definition) is 2. The van der Waals surface area contributed by atoms with Crippen molar-refractivity contribution in [3.8, 4) is 0 Å². The summed E-state index contributed by atoms with van der Waals surface area (Å²) in [5.41, 5.74) is 4.53. The Labute approximate surface area is 154 Å². The van der Waals surface area contributed by atoms with Crippen LogP contribution in [0.4, 0.5) is 5.69 Å². The number of anilines is 1. The maximum Gasteiger partial charge on any atom is 0.0367 e. The van der Waals surface area contributed by atoms with Crippen LogP contribution in [0.15, 0.2) is 53.6 Å². The lowest BCUT2D eigenvalue weighted by atomic mass is 9.86. The molecule has 0 aromatic heterocycles. The zero-order valence-electron chi connectivity index (χ0n) is 16.1. The Hall–Kier alpha value is -1.54. The molecule has 1 aromatic rings. The minimum atomic E-state index is 0.870.